The van der Waals surface area contributed by atoms with Crippen molar-refractivity contribution in [1.29, 1.82) is 0 Å². The molecule has 196 valence electrons. The lowest BCUT2D eigenvalue weighted by Gasteiger charge is -2.31. The van der Waals surface area contributed by atoms with Crippen LogP contribution in [0, 0.1) is 13.8 Å². The Morgan fingerprint density at radius 2 is 1.70 bits per heavy atom. The van der Waals surface area contributed by atoms with Gasteiger partial charge in [-0.1, -0.05) is 13.0 Å². The normalized spacial score (nSPS) is 17.1. The van der Waals surface area contributed by atoms with E-state index in [9.17, 15) is 8.42 Å². The third-order valence-electron chi connectivity index (χ3n) is 6.22. The van der Waals surface area contributed by atoms with Crippen LogP contribution < -0.4 is 25.0 Å². The number of hydrazine groups is 1. The second-order valence-electron chi connectivity index (χ2n) is 8.97. The number of ether oxygens (including phenoxy) is 2. The molecule has 3 unspecified atom stereocenters. The number of para-hydroxylation sites is 1. The van der Waals surface area contributed by atoms with Gasteiger partial charge in [0.05, 0.1) is 19.5 Å². The molecule has 0 amide bonds. The number of nitrogens with one attached hydrogen (secondary N) is 1. The van der Waals surface area contributed by atoms with Gasteiger partial charge in [-0.05, 0) is 43.2 Å². The molecule has 1 aliphatic rings. The molecule has 37 heavy (non-hydrogen) atoms. The number of anilines is 1. The lowest BCUT2D eigenvalue weighted by atomic mass is 10.0. The first kappa shape index (κ1) is 26.3. The Bertz CT molecular complexity index is 1370. The second kappa shape index (κ2) is 10.7. The van der Waals surface area contributed by atoms with Crippen LogP contribution in [0.2, 0.25) is 0 Å². The van der Waals surface area contributed by atoms with E-state index >= 15 is 0 Å². The highest BCUT2D eigenvalue weighted by atomic mass is 32.2. The number of methoxy groups -OCH3 is 2. The van der Waals surface area contributed by atoms with Gasteiger partial charge in [-0.2, -0.15) is 0 Å². The largest absolute Gasteiger partial charge is 0.494 e. The average Bonchev–Trinajstić information content (AvgIpc) is 3.29. The van der Waals surface area contributed by atoms with E-state index in [1.54, 1.807) is 63.1 Å². The number of primary sulfonamides is 1. The molecular formula is C25H31N7O4S. The number of nitrogens with two attached hydrogens (primary N) is 1. The number of pyridine rings is 1. The first-order chi connectivity index (χ1) is 17.6. The van der Waals surface area contributed by atoms with Crippen LogP contribution >= 0.6 is 0 Å². The Labute approximate surface area is 216 Å². The minimum atomic E-state index is -4.01. The van der Waals surface area contributed by atoms with Crippen molar-refractivity contribution in [3.63, 3.8) is 0 Å². The van der Waals surface area contributed by atoms with Crippen LogP contribution in [0.4, 0.5) is 5.69 Å². The number of aromatic nitrogens is 3. The zero-order valence-corrected chi connectivity index (χ0v) is 22.2. The number of aryl methyl sites for hydroxylation is 2. The molecule has 3 aromatic rings. The van der Waals surface area contributed by atoms with Crippen LogP contribution in [-0.4, -0.2) is 54.8 Å². The molecule has 0 fully saturated rings. The van der Waals surface area contributed by atoms with Crippen LogP contribution in [0.5, 0.6) is 11.5 Å². The Hall–Kier alpha value is -3.77. The zero-order valence-electron chi connectivity index (χ0n) is 21.4. The number of hydrogen-bond donors (Lipinski definition) is 2. The lowest BCUT2D eigenvalue weighted by Crippen LogP contribution is -2.45. The van der Waals surface area contributed by atoms with E-state index in [0.29, 0.717) is 28.8 Å². The lowest BCUT2D eigenvalue weighted by molar-refractivity contribution is 0.389. The predicted molar refractivity (Wildman–Crippen MR) is 141 cm³/mol. The topological polar surface area (TPSA) is 145 Å². The molecule has 0 saturated carbocycles. The Morgan fingerprint density at radius 1 is 1.05 bits per heavy atom. The minimum absolute atomic E-state index is 0.0498. The average molecular weight is 526 g/mol. The van der Waals surface area contributed by atoms with Crippen molar-refractivity contribution >= 4 is 21.5 Å². The first-order valence-electron chi connectivity index (χ1n) is 11.7. The van der Waals surface area contributed by atoms with Crippen LogP contribution in [0.3, 0.4) is 0 Å². The van der Waals surface area contributed by atoms with Crippen LogP contribution in [0.15, 0.2) is 54.0 Å². The summed E-state index contributed by atoms with van der Waals surface area (Å²) in [7, 11) is -0.904. The third kappa shape index (κ3) is 5.65. The van der Waals surface area contributed by atoms with Crippen molar-refractivity contribution in [2.45, 2.75) is 44.5 Å². The number of hydrogen-bond acceptors (Lipinski definition) is 10. The summed E-state index contributed by atoms with van der Waals surface area (Å²) in [5.41, 5.74) is 6.47. The smallest absolute Gasteiger partial charge is 0.212 e. The number of benzene rings is 1. The first-order valence-corrected chi connectivity index (χ1v) is 13.3. The highest BCUT2D eigenvalue weighted by Gasteiger charge is 2.39. The van der Waals surface area contributed by atoms with E-state index in [-0.39, 0.29) is 6.42 Å². The summed E-state index contributed by atoms with van der Waals surface area (Å²) in [5.74, 6) is 1.39. The second-order valence-corrected chi connectivity index (χ2v) is 10.8. The number of rotatable bonds is 9. The predicted octanol–water partition coefficient (Wildman–Crippen LogP) is 2.45. The molecule has 11 nitrogen and oxygen atoms in total. The summed E-state index contributed by atoms with van der Waals surface area (Å²) in [6.07, 6.45) is 6.12. The summed E-state index contributed by atoms with van der Waals surface area (Å²) in [4.78, 5) is 17.8. The maximum Gasteiger partial charge on any atom is 0.212 e. The van der Waals surface area contributed by atoms with E-state index in [4.69, 9.17) is 19.6 Å². The van der Waals surface area contributed by atoms with Crippen molar-refractivity contribution in [3.8, 4) is 11.5 Å². The summed E-state index contributed by atoms with van der Waals surface area (Å²) in [6, 6.07) is 7.34. The van der Waals surface area contributed by atoms with Gasteiger partial charge >= 0.3 is 0 Å². The number of aliphatic imine (C=N–C) groups is 1. The van der Waals surface area contributed by atoms with Gasteiger partial charge in [0.1, 0.15) is 29.2 Å². The molecular weight excluding hydrogens is 494 g/mol. The van der Waals surface area contributed by atoms with Crippen molar-refractivity contribution in [1.82, 2.24) is 20.4 Å². The molecule has 4 rings (SSSR count). The van der Waals surface area contributed by atoms with Crippen molar-refractivity contribution in [2.75, 3.05) is 19.2 Å². The molecule has 2 aromatic heterocycles. The monoisotopic (exact) mass is 525 g/mol. The zero-order chi connectivity index (χ0) is 26.7. The number of amidine groups is 1. The molecule has 0 radical (unpaired) electrons. The van der Waals surface area contributed by atoms with E-state index in [1.165, 1.54) is 0 Å². The molecule has 3 atom stereocenters. The number of nitrogens with zero attached hydrogens (tertiary/aromatic N) is 5. The molecule has 3 N–H and O–H groups in total. The number of sulfonamides is 1. The van der Waals surface area contributed by atoms with Crippen LogP contribution in [0.1, 0.15) is 41.8 Å². The summed E-state index contributed by atoms with van der Waals surface area (Å²) >= 11 is 0. The molecule has 1 aromatic carbocycles. The maximum atomic E-state index is 12.9. The van der Waals surface area contributed by atoms with E-state index in [2.05, 4.69) is 20.4 Å². The van der Waals surface area contributed by atoms with Gasteiger partial charge in [0.2, 0.25) is 10.0 Å². The minimum Gasteiger partial charge on any atom is -0.494 e. The van der Waals surface area contributed by atoms with Crippen LogP contribution in [0.25, 0.3) is 0 Å². The third-order valence-corrected chi connectivity index (χ3v) is 7.67. The molecule has 3 heterocycles. The highest BCUT2D eigenvalue weighted by molar-refractivity contribution is 7.89. The Kier molecular flexibility index (Phi) is 7.60. The standard InChI is InChI=1S/C25H31N7O4S/c1-15-9-18(14-27-11-15)25-30-22(32(31-25)23-19(35-4)7-6-8-20(23)36-5)10-21(37(26,33)34)17(3)24-28-12-16(2)13-29-24/h6-9,11-14,17,21-22H,10H2,1-5H3,(H,30,31)(H2,26,33,34). The molecule has 0 bridgehead atoms. The summed E-state index contributed by atoms with van der Waals surface area (Å²) < 4.78 is 37.0. The Morgan fingerprint density at radius 3 is 2.27 bits per heavy atom. The molecule has 0 aliphatic carbocycles. The van der Waals surface area contributed by atoms with Gasteiger partial charge in [-0.15, -0.1) is 0 Å². The summed E-state index contributed by atoms with van der Waals surface area (Å²) in [6.45, 7) is 5.56. The van der Waals surface area contributed by atoms with E-state index < -0.39 is 27.4 Å². The van der Waals surface area contributed by atoms with Crippen molar-refractivity contribution in [2.24, 2.45) is 10.1 Å². The molecule has 1 aliphatic heterocycles. The fourth-order valence-corrected chi connectivity index (χ4v) is 5.45. The molecule has 0 spiro atoms. The van der Waals surface area contributed by atoms with Gasteiger partial charge in [0.15, 0.2) is 5.84 Å². The summed E-state index contributed by atoms with van der Waals surface area (Å²) in [5, 5.41) is 6.48. The van der Waals surface area contributed by atoms with Crippen molar-refractivity contribution in [3.05, 3.63) is 71.6 Å². The van der Waals surface area contributed by atoms with Gasteiger partial charge in [-0.25, -0.2) is 28.5 Å². The van der Waals surface area contributed by atoms with Crippen molar-refractivity contribution < 1.29 is 17.9 Å². The van der Waals surface area contributed by atoms with E-state index in [0.717, 1.165) is 16.7 Å². The highest BCUT2D eigenvalue weighted by Crippen LogP contribution is 2.40. The fourth-order valence-electron chi connectivity index (χ4n) is 4.31. The van der Waals surface area contributed by atoms with Gasteiger partial charge in [0.25, 0.3) is 0 Å². The SMILES string of the molecule is COc1cccc(OC)c1N1NC(c2cncc(C)c2)=NC1CC(C(C)c1ncc(C)cn1)S(N)(=O)=O. The van der Waals surface area contributed by atoms with Crippen LogP contribution in [-0.2, 0) is 10.0 Å². The van der Waals surface area contributed by atoms with E-state index in [1.807, 2.05) is 26.0 Å². The molecule has 12 heteroatoms. The Balaban J connectivity index is 1.79. The molecule has 0 saturated heterocycles. The maximum absolute atomic E-state index is 12.9. The van der Waals surface area contributed by atoms with Gasteiger partial charge < -0.3 is 9.47 Å². The quantitative estimate of drug-likeness (QED) is 0.430. The van der Waals surface area contributed by atoms with Gasteiger partial charge in [0, 0.05) is 42.7 Å². The fraction of sp³-hybridized carbons (Fsp3) is 0.360. The van der Waals surface area contributed by atoms with Gasteiger partial charge in [-0.3, -0.25) is 15.4 Å².